The molecule has 0 fully saturated rings. The van der Waals surface area contributed by atoms with E-state index in [2.05, 4.69) is 17.0 Å². The molecule has 0 amide bonds. The molecule has 2 aromatic carbocycles. The van der Waals surface area contributed by atoms with Gasteiger partial charge in [0.2, 0.25) is 4.96 Å². The highest BCUT2D eigenvalue weighted by atomic mass is 32.1. The zero-order valence-electron chi connectivity index (χ0n) is 18.2. The lowest BCUT2D eigenvalue weighted by atomic mass is 10.1. The second-order valence-corrected chi connectivity index (χ2v) is 8.64. The number of anilines is 1. The molecule has 4 aromatic rings. The molecule has 0 saturated heterocycles. The third-order valence-corrected chi connectivity index (χ3v) is 5.88. The van der Waals surface area contributed by atoms with Crippen molar-refractivity contribution < 1.29 is 4.74 Å². The van der Waals surface area contributed by atoms with Gasteiger partial charge in [-0.1, -0.05) is 42.5 Å². The quantitative estimate of drug-likeness (QED) is 0.432. The lowest BCUT2D eigenvalue weighted by molar-refractivity contribution is 0.317. The van der Waals surface area contributed by atoms with Crippen molar-refractivity contribution in [3.8, 4) is 5.75 Å². The molecule has 0 aliphatic rings. The number of nitrogens with zero attached hydrogens (tertiary/aromatic N) is 4. The highest BCUT2D eigenvalue weighted by Gasteiger charge is 2.12. The number of hydrogen-bond donors (Lipinski definition) is 0. The fourth-order valence-corrected chi connectivity index (χ4v) is 4.09. The molecular weight excluding hydrogens is 424 g/mol. The van der Waals surface area contributed by atoms with Gasteiger partial charge in [-0.05, 0) is 47.9 Å². The van der Waals surface area contributed by atoms with E-state index < -0.39 is 5.56 Å². The normalized spacial score (nSPS) is 11.8. The molecule has 0 atom stereocenters. The summed E-state index contributed by atoms with van der Waals surface area (Å²) < 4.78 is 7.29. The Morgan fingerprint density at radius 1 is 1.06 bits per heavy atom. The van der Waals surface area contributed by atoms with Crippen LogP contribution in [0, 0.1) is 0 Å². The van der Waals surface area contributed by atoms with Gasteiger partial charge in [0.1, 0.15) is 11.4 Å². The van der Waals surface area contributed by atoms with Crippen molar-refractivity contribution in [2.45, 2.75) is 19.8 Å². The summed E-state index contributed by atoms with van der Waals surface area (Å²) in [7, 11) is 3.95. The zero-order chi connectivity index (χ0) is 22.7. The predicted molar refractivity (Wildman–Crippen MR) is 128 cm³/mol. The van der Waals surface area contributed by atoms with Crippen molar-refractivity contribution in [3.05, 3.63) is 90.6 Å². The van der Waals surface area contributed by atoms with Gasteiger partial charge in [0, 0.05) is 26.2 Å². The second-order valence-electron chi connectivity index (χ2n) is 7.63. The van der Waals surface area contributed by atoms with E-state index in [1.165, 1.54) is 4.52 Å². The fourth-order valence-electron chi connectivity index (χ4n) is 3.19. The first kappa shape index (κ1) is 21.7. The van der Waals surface area contributed by atoms with E-state index in [9.17, 15) is 9.59 Å². The van der Waals surface area contributed by atoms with Crippen LogP contribution in [-0.4, -0.2) is 35.3 Å². The molecule has 7 nitrogen and oxygen atoms in total. The Morgan fingerprint density at radius 2 is 1.78 bits per heavy atom. The molecule has 2 aromatic heterocycles. The van der Waals surface area contributed by atoms with Crippen molar-refractivity contribution in [1.82, 2.24) is 14.6 Å². The number of thiazole rings is 1. The monoisotopic (exact) mass is 448 g/mol. The summed E-state index contributed by atoms with van der Waals surface area (Å²) in [6.07, 6.45) is 3.03. The third-order valence-electron chi connectivity index (χ3n) is 4.93. The average Bonchev–Trinajstić information content (AvgIpc) is 3.08. The van der Waals surface area contributed by atoms with Gasteiger partial charge >= 0.3 is 0 Å². The van der Waals surface area contributed by atoms with Gasteiger partial charge in [-0.25, -0.2) is 0 Å². The van der Waals surface area contributed by atoms with Crippen molar-refractivity contribution in [3.63, 3.8) is 0 Å². The minimum Gasteiger partial charge on any atom is -0.494 e. The van der Waals surface area contributed by atoms with Crippen LogP contribution in [0.2, 0.25) is 0 Å². The van der Waals surface area contributed by atoms with E-state index in [1.54, 1.807) is 6.08 Å². The maximum atomic E-state index is 12.9. The van der Waals surface area contributed by atoms with Crippen LogP contribution in [0.1, 0.15) is 30.2 Å². The van der Waals surface area contributed by atoms with Gasteiger partial charge in [0.15, 0.2) is 0 Å². The van der Waals surface area contributed by atoms with Crippen LogP contribution >= 0.6 is 11.3 Å². The standard InChI is InChI=1S/C24H24N4O3S/c1-4-13-31-19-11-7-16(8-12-19)14-20-22(29)25-24-28(26-20)23(30)21(32-24)15-17-5-9-18(10-6-17)27(2)3/h5-12,15H,4,13-14H2,1-3H3/b21-15-. The fraction of sp³-hybridized carbons (Fsp3) is 0.250. The SMILES string of the molecule is CCCOc1ccc(Cc2nn3c(=O)/c(=C/c4ccc(N(C)C)cc4)sc3nc2=O)cc1. The molecule has 0 N–H and O–H groups in total. The molecule has 0 unspecified atom stereocenters. The zero-order valence-corrected chi connectivity index (χ0v) is 19.1. The maximum Gasteiger partial charge on any atom is 0.296 e. The van der Waals surface area contributed by atoms with Gasteiger partial charge in [-0.2, -0.15) is 14.6 Å². The van der Waals surface area contributed by atoms with Crippen LogP contribution in [0.5, 0.6) is 5.75 Å². The van der Waals surface area contributed by atoms with Gasteiger partial charge in [0.05, 0.1) is 11.1 Å². The highest BCUT2D eigenvalue weighted by molar-refractivity contribution is 7.15. The van der Waals surface area contributed by atoms with E-state index in [-0.39, 0.29) is 11.3 Å². The van der Waals surface area contributed by atoms with Crippen LogP contribution in [0.15, 0.2) is 58.1 Å². The molecule has 0 spiro atoms. The number of benzene rings is 2. The third kappa shape index (κ3) is 4.70. The highest BCUT2D eigenvalue weighted by Crippen LogP contribution is 2.15. The molecule has 2 heterocycles. The maximum absolute atomic E-state index is 12.9. The van der Waals surface area contributed by atoms with Crippen LogP contribution in [-0.2, 0) is 6.42 Å². The summed E-state index contributed by atoms with van der Waals surface area (Å²) in [5.41, 5.74) is 2.41. The minimum absolute atomic E-state index is 0.238. The Labute approximate surface area is 189 Å². The van der Waals surface area contributed by atoms with Gasteiger partial charge < -0.3 is 9.64 Å². The summed E-state index contributed by atoms with van der Waals surface area (Å²) >= 11 is 1.16. The second kappa shape index (κ2) is 9.32. The molecule has 0 aliphatic carbocycles. The van der Waals surface area contributed by atoms with Gasteiger partial charge in [-0.15, -0.1) is 0 Å². The first-order chi connectivity index (χ1) is 15.4. The summed E-state index contributed by atoms with van der Waals surface area (Å²) in [6, 6.07) is 15.4. The van der Waals surface area contributed by atoms with E-state index in [4.69, 9.17) is 4.74 Å². The molecular formula is C24H24N4O3S. The minimum atomic E-state index is -0.417. The van der Waals surface area contributed by atoms with Crippen molar-refractivity contribution in [1.29, 1.82) is 0 Å². The van der Waals surface area contributed by atoms with Gasteiger partial charge in [0.25, 0.3) is 11.1 Å². The van der Waals surface area contributed by atoms with E-state index in [0.717, 1.165) is 40.3 Å². The topological polar surface area (TPSA) is 76.8 Å². The Balaban J connectivity index is 1.64. The molecule has 0 bridgehead atoms. The molecule has 0 radical (unpaired) electrons. The lowest BCUT2D eigenvalue weighted by Gasteiger charge is -2.11. The number of aromatic nitrogens is 3. The summed E-state index contributed by atoms with van der Waals surface area (Å²) in [5.74, 6) is 0.785. The van der Waals surface area contributed by atoms with E-state index >= 15 is 0 Å². The number of ether oxygens (including phenoxy) is 1. The van der Waals surface area contributed by atoms with Gasteiger partial charge in [-0.3, -0.25) is 9.59 Å². The molecule has 32 heavy (non-hydrogen) atoms. The Hall–Kier alpha value is -3.52. The average molecular weight is 449 g/mol. The molecule has 164 valence electrons. The largest absolute Gasteiger partial charge is 0.494 e. The first-order valence-electron chi connectivity index (χ1n) is 10.4. The van der Waals surface area contributed by atoms with Crippen LogP contribution in [0.3, 0.4) is 0 Å². The van der Waals surface area contributed by atoms with Crippen molar-refractivity contribution in [2.24, 2.45) is 0 Å². The molecule has 8 heteroatoms. The molecule has 4 rings (SSSR count). The van der Waals surface area contributed by atoms with Crippen molar-refractivity contribution >= 4 is 28.1 Å². The first-order valence-corrected chi connectivity index (χ1v) is 11.2. The lowest BCUT2D eigenvalue weighted by Crippen LogP contribution is -2.28. The van der Waals surface area contributed by atoms with E-state index in [0.29, 0.717) is 22.5 Å². The van der Waals surface area contributed by atoms with Crippen LogP contribution in [0.25, 0.3) is 11.0 Å². The Kier molecular flexibility index (Phi) is 6.32. The van der Waals surface area contributed by atoms with Crippen molar-refractivity contribution in [2.75, 3.05) is 25.6 Å². The molecule has 0 saturated carbocycles. The summed E-state index contributed by atoms with van der Waals surface area (Å²) in [5, 5.41) is 4.32. The number of rotatable bonds is 7. The smallest absolute Gasteiger partial charge is 0.296 e. The summed E-state index contributed by atoms with van der Waals surface area (Å²) in [6.45, 7) is 2.71. The van der Waals surface area contributed by atoms with Crippen LogP contribution < -0.4 is 25.3 Å². The Morgan fingerprint density at radius 3 is 2.44 bits per heavy atom. The number of hydrogen-bond acceptors (Lipinski definition) is 7. The molecule has 0 aliphatic heterocycles. The number of fused-ring (bicyclic) bond motifs is 1. The van der Waals surface area contributed by atoms with E-state index in [1.807, 2.05) is 67.5 Å². The Bertz CT molecular complexity index is 1390. The van der Waals surface area contributed by atoms with Crippen LogP contribution in [0.4, 0.5) is 5.69 Å². The summed E-state index contributed by atoms with van der Waals surface area (Å²) in [4.78, 5) is 31.8. The predicted octanol–water partition coefficient (Wildman–Crippen LogP) is 2.50.